The molecule has 2 atom stereocenters. The Hall–Kier alpha value is -2.83. The number of alkyl halides is 3. The monoisotopic (exact) mass is 427 g/mol. The molecule has 0 radical (unpaired) electrons. The fourth-order valence-electron chi connectivity index (χ4n) is 4.06. The SMILES string of the molecule is FC(F)(F)Oc1ccc(-c2ccccc2CC(c2ccccc2)C2CNCCO2)cc1. The van der Waals surface area contributed by atoms with E-state index in [2.05, 4.69) is 28.3 Å². The van der Waals surface area contributed by atoms with Gasteiger partial charge in [-0.3, -0.25) is 0 Å². The van der Waals surface area contributed by atoms with Crippen LogP contribution in [0.15, 0.2) is 78.9 Å². The van der Waals surface area contributed by atoms with Crippen LogP contribution in [0.2, 0.25) is 0 Å². The van der Waals surface area contributed by atoms with E-state index in [1.165, 1.54) is 17.7 Å². The summed E-state index contributed by atoms with van der Waals surface area (Å²) >= 11 is 0. The molecular weight excluding hydrogens is 403 g/mol. The van der Waals surface area contributed by atoms with Crippen molar-refractivity contribution in [1.29, 1.82) is 0 Å². The third-order valence-corrected chi connectivity index (χ3v) is 5.49. The maximum absolute atomic E-state index is 12.5. The molecule has 0 spiro atoms. The number of rotatable bonds is 6. The lowest BCUT2D eigenvalue weighted by Gasteiger charge is -2.32. The summed E-state index contributed by atoms with van der Waals surface area (Å²) in [6.07, 6.45) is -3.89. The van der Waals surface area contributed by atoms with Crippen molar-refractivity contribution in [2.75, 3.05) is 19.7 Å². The van der Waals surface area contributed by atoms with E-state index in [1.54, 1.807) is 12.1 Å². The number of morpholine rings is 1. The number of ether oxygens (including phenoxy) is 2. The summed E-state index contributed by atoms with van der Waals surface area (Å²) in [6, 6.07) is 24.3. The highest BCUT2D eigenvalue weighted by molar-refractivity contribution is 5.68. The van der Waals surface area contributed by atoms with Gasteiger partial charge in [0.1, 0.15) is 5.75 Å². The molecular formula is C25H24F3NO2. The summed E-state index contributed by atoms with van der Waals surface area (Å²) in [7, 11) is 0. The first-order chi connectivity index (χ1) is 15.0. The summed E-state index contributed by atoms with van der Waals surface area (Å²) in [5.74, 6) is -0.0689. The number of halogens is 3. The first-order valence-electron chi connectivity index (χ1n) is 10.3. The lowest BCUT2D eigenvalue weighted by Crippen LogP contribution is -2.42. The first-order valence-corrected chi connectivity index (χ1v) is 10.3. The van der Waals surface area contributed by atoms with Crippen LogP contribution < -0.4 is 10.1 Å². The van der Waals surface area contributed by atoms with Crippen molar-refractivity contribution in [3.05, 3.63) is 90.0 Å². The molecule has 0 saturated carbocycles. The molecule has 3 aromatic carbocycles. The van der Waals surface area contributed by atoms with Crippen molar-refractivity contribution in [2.45, 2.75) is 24.8 Å². The Morgan fingerprint density at radius 1 is 0.935 bits per heavy atom. The van der Waals surface area contributed by atoms with Crippen molar-refractivity contribution >= 4 is 0 Å². The average Bonchev–Trinajstić information content (AvgIpc) is 2.78. The van der Waals surface area contributed by atoms with Crippen LogP contribution in [0.5, 0.6) is 5.75 Å². The molecule has 0 bridgehead atoms. The minimum Gasteiger partial charge on any atom is -0.406 e. The van der Waals surface area contributed by atoms with E-state index in [4.69, 9.17) is 4.74 Å². The van der Waals surface area contributed by atoms with Crippen molar-refractivity contribution < 1.29 is 22.6 Å². The second-order valence-corrected chi connectivity index (χ2v) is 7.56. The van der Waals surface area contributed by atoms with E-state index in [1.807, 2.05) is 36.4 Å². The van der Waals surface area contributed by atoms with Gasteiger partial charge >= 0.3 is 6.36 Å². The van der Waals surface area contributed by atoms with Crippen molar-refractivity contribution in [2.24, 2.45) is 0 Å². The largest absolute Gasteiger partial charge is 0.573 e. The highest BCUT2D eigenvalue weighted by Gasteiger charge is 2.31. The zero-order valence-corrected chi connectivity index (χ0v) is 16.9. The van der Waals surface area contributed by atoms with Crippen LogP contribution in [-0.2, 0) is 11.2 Å². The molecule has 0 aromatic heterocycles. The van der Waals surface area contributed by atoms with E-state index < -0.39 is 6.36 Å². The summed E-state index contributed by atoms with van der Waals surface area (Å²) in [6.45, 7) is 2.31. The average molecular weight is 427 g/mol. The van der Waals surface area contributed by atoms with Crippen LogP contribution in [0, 0.1) is 0 Å². The van der Waals surface area contributed by atoms with Gasteiger partial charge in [0.15, 0.2) is 0 Å². The number of nitrogens with one attached hydrogen (secondary N) is 1. The normalized spacial score (nSPS) is 17.8. The van der Waals surface area contributed by atoms with Crippen LogP contribution in [0.25, 0.3) is 11.1 Å². The zero-order valence-electron chi connectivity index (χ0n) is 16.9. The van der Waals surface area contributed by atoms with E-state index in [0.717, 1.165) is 36.2 Å². The van der Waals surface area contributed by atoms with Crippen LogP contribution in [0.4, 0.5) is 13.2 Å². The Morgan fingerprint density at radius 2 is 1.65 bits per heavy atom. The molecule has 1 aliphatic rings. The molecule has 1 heterocycles. The second-order valence-electron chi connectivity index (χ2n) is 7.56. The predicted octanol–water partition coefficient (Wildman–Crippen LogP) is 5.57. The van der Waals surface area contributed by atoms with Crippen LogP contribution in [-0.4, -0.2) is 32.2 Å². The van der Waals surface area contributed by atoms with E-state index >= 15 is 0 Å². The Bertz CT molecular complexity index is 968. The molecule has 3 aromatic rings. The zero-order chi connectivity index (χ0) is 21.7. The van der Waals surface area contributed by atoms with Gasteiger partial charge in [0, 0.05) is 19.0 Å². The first kappa shape index (κ1) is 21.4. The fourth-order valence-corrected chi connectivity index (χ4v) is 4.06. The van der Waals surface area contributed by atoms with Gasteiger partial charge in [0.25, 0.3) is 0 Å². The van der Waals surface area contributed by atoms with Gasteiger partial charge in [-0.2, -0.15) is 0 Å². The molecule has 1 saturated heterocycles. The van der Waals surface area contributed by atoms with Crippen LogP contribution >= 0.6 is 0 Å². The van der Waals surface area contributed by atoms with Crippen LogP contribution in [0.3, 0.4) is 0 Å². The van der Waals surface area contributed by atoms with Gasteiger partial charge in [0.2, 0.25) is 0 Å². The van der Waals surface area contributed by atoms with Gasteiger partial charge in [-0.15, -0.1) is 13.2 Å². The van der Waals surface area contributed by atoms with Crippen molar-refractivity contribution in [1.82, 2.24) is 5.32 Å². The third kappa shape index (κ3) is 5.66. The summed E-state index contributed by atoms with van der Waals surface area (Å²) in [5, 5.41) is 3.41. The molecule has 6 heteroatoms. The maximum Gasteiger partial charge on any atom is 0.573 e. The van der Waals surface area contributed by atoms with E-state index in [-0.39, 0.29) is 17.8 Å². The Balaban J connectivity index is 1.62. The highest BCUT2D eigenvalue weighted by atomic mass is 19.4. The van der Waals surface area contributed by atoms with Gasteiger partial charge in [-0.05, 0) is 40.8 Å². The van der Waals surface area contributed by atoms with Gasteiger partial charge in [0.05, 0.1) is 12.7 Å². The van der Waals surface area contributed by atoms with Gasteiger partial charge in [-0.1, -0.05) is 66.7 Å². The molecule has 1 aliphatic heterocycles. The number of hydrogen-bond acceptors (Lipinski definition) is 3. The molecule has 0 aliphatic carbocycles. The Labute approximate surface area is 179 Å². The molecule has 0 amide bonds. The van der Waals surface area contributed by atoms with Gasteiger partial charge in [-0.25, -0.2) is 0 Å². The topological polar surface area (TPSA) is 30.5 Å². The Kier molecular flexibility index (Phi) is 6.59. The van der Waals surface area contributed by atoms with Crippen LogP contribution in [0.1, 0.15) is 17.0 Å². The molecule has 3 nitrogen and oxygen atoms in total. The minimum atomic E-state index is -4.70. The fraction of sp³-hybridized carbons (Fsp3) is 0.280. The summed E-state index contributed by atoms with van der Waals surface area (Å²) in [4.78, 5) is 0. The van der Waals surface area contributed by atoms with Gasteiger partial charge < -0.3 is 14.8 Å². The molecule has 1 N–H and O–H groups in total. The molecule has 162 valence electrons. The van der Waals surface area contributed by atoms with Crippen molar-refractivity contribution in [3.63, 3.8) is 0 Å². The van der Waals surface area contributed by atoms with E-state index in [9.17, 15) is 13.2 Å². The predicted molar refractivity (Wildman–Crippen MR) is 114 cm³/mol. The van der Waals surface area contributed by atoms with Crippen molar-refractivity contribution in [3.8, 4) is 16.9 Å². The molecule has 4 rings (SSSR count). The third-order valence-electron chi connectivity index (χ3n) is 5.49. The standard InChI is InChI=1S/C25H24F3NO2/c26-25(27,28)31-21-12-10-19(11-13-21)22-9-5-4-8-20(22)16-23(18-6-2-1-3-7-18)24-17-29-14-15-30-24/h1-13,23-24,29H,14-17H2. The Morgan fingerprint density at radius 3 is 2.32 bits per heavy atom. The summed E-state index contributed by atoms with van der Waals surface area (Å²) in [5.41, 5.74) is 4.17. The molecule has 1 fully saturated rings. The molecule has 31 heavy (non-hydrogen) atoms. The number of hydrogen-bond donors (Lipinski definition) is 1. The lowest BCUT2D eigenvalue weighted by molar-refractivity contribution is -0.274. The lowest BCUT2D eigenvalue weighted by atomic mass is 9.84. The highest BCUT2D eigenvalue weighted by Crippen LogP contribution is 2.33. The maximum atomic E-state index is 12.5. The quantitative estimate of drug-likeness (QED) is 0.558. The molecule has 2 unspecified atom stereocenters. The summed E-state index contributed by atoms with van der Waals surface area (Å²) < 4.78 is 47.5. The minimum absolute atomic E-state index is 0.0479. The smallest absolute Gasteiger partial charge is 0.406 e. The van der Waals surface area contributed by atoms with E-state index in [0.29, 0.717) is 6.61 Å². The second kappa shape index (κ2) is 9.54. The number of benzene rings is 3.